The predicted molar refractivity (Wildman–Crippen MR) is 164 cm³/mol. The second kappa shape index (κ2) is 16.9. The summed E-state index contributed by atoms with van der Waals surface area (Å²) in [7, 11) is 0. The minimum absolute atomic E-state index is 0.137. The van der Waals surface area contributed by atoms with E-state index in [2.05, 4.69) is 34.7 Å². The maximum atomic E-state index is 13.2. The van der Waals surface area contributed by atoms with Crippen molar-refractivity contribution in [2.45, 2.75) is 84.2 Å². The molecule has 0 bridgehead atoms. The Morgan fingerprint density at radius 3 is 2.12 bits per heavy atom. The van der Waals surface area contributed by atoms with Gasteiger partial charge in [0.25, 0.3) is 0 Å². The first kappa shape index (κ1) is 33.1. The van der Waals surface area contributed by atoms with Crippen molar-refractivity contribution in [3.05, 3.63) is 71.8 Å². The topological polar surface area (TPSA) is 120 Å². The van der Waals surface area contributed by atoms with Crippen molar-refractivity contribution in [1.82, 2.24) is 20.9 Å². The normalized spacial score (nSPS) is 18.7. The molecule has 42 heavy (non-hydrogen) atoms. The fourth-order valence-electron chi connectivity index (χ4n) is 5.34. The summed E-state index contributed by atoms with van der Waals surface area (Å²) in [6, 6.07) is 17.8. The van der Waals surface area contributed by atoms with Crippen molar-refractivity contribution >= 4 is 17.9 Å². The van der Waals surface area contributed by atoms with Gasteiger partial charge in [-0.3, -0.25) is 14.5 Å². The molecule has 1 saturated heterocycles. The van der Waals surface area contributed by atoms with Crippen molar-refractivity contribution in [1.29, 1.82) is 0 Å². The zero-order valence-electron chi connectivity index (χ0n) is 25.4. The number of amides is 3. The molecule has 0 radical (unpaired) electrons. The van der Waals surface area contributed by atoms with Crippen LogP contribution in [0.15, 0.2) is 60.7 Å². The molecule has 4 atom stereocenters. The summed E-state index contributed by atoms with van der Waals surface area (Å²) in [6.45, 7) is 10.0. The maximum Gasteiger partial charge on any atom is 0.407 e. The van der Waals surface area contributed by atoms with Crippen molar-refractivity contribution in [2.24, 2.45) is 11.8 Å². The first-order chi connectivity index (χ1) is 20.1. The fourth-order valence-corrected chi connectivity index (χ4v) is 5.34. The van der Waals surface area contributed by atoms with Crippen molar-refractivity contribution in [2.75, 3.05) is 19.6 Å². The Morgan fingerprint density at radius 2 is 1.52 bits per heavy atom. The molecule has 0 saturated carbocycles. The number of hydrogen-bond acceptors (Lipinski definition) is 6. The van der Waals surface area contributed by atoms with E-state index in [0.29, 0.717) is 38.4 Å². The fraction of sp³-hybridized carbons (Fsp3) is 0.545. The quantitative estimate of drug-likeness (QED) is 0.271. The molecule has 0 aromatic heterocycles. The van der Waals surface area contributed by atoms with Gasteiger partial charge in [-0.2, -0.15) is 0 Å². The molecule has 1 aliphatic heterocycles. The van der Waals surface area contributed by atoms with Crippen LogP contribution < -0.4 is 16.0 Å². The Labute approximate surface area is 250 Å². The highest BCUT2D eigenvalue weighted by molar-refractivity contribution is 5.88. The summed E-state index contributed by atoms with van der Waals surface area (Å²) in [5, 5.41) is 19.8. The van der Waals surface area contributed by atoms with Gasteiger partial charge in [-0.25, -0.2) is 4.79 Å². The van der Waals surface area contributed by atoms with Gasteiger partial charge in [0.15, 0.2) is 0 Å². The molecule has 230 valence electrons. The summed E-state index contributed by atoms with van der Waals surface area (Å²) in [4.78, 5) is 40.6. The summed E-state index contributed by atoms with van der Waals surface area (Å²) < 4.78 is 5.43. The second-order valence-corrected chi connectivity index (χ2v) is 12.2. The number of β-amino-alcohol motifs (C(OH)–C–C–N with tert-alkyl or cyclic N) is 1. The van der Waals surface area contributed by atoms with Crippen molar-refractivity contribution < 1.29 is 24.2 Å². The Kier molecular flexibility index (Phi) is 13.3. The summed E-state index contributed by atoms with van der Waals surface area (Å²) >= 11 is 0. The number of piperidine rings is 1. The minimum Gasteiger partial charge on any atom is -0.445 e. The number of carbonyl (C=O) groups is 3. The van der Waals surface area contributed by atoms with Crippen LogP contribution in [0.3, 0.4) is 0 Å². The van der Waals surface area contributed by atoms with Gasteiger partial charge in [-0.1, -0.05) is 88.4 Å². The molecule has 2 aromatic rings. The van der Waals surface area contributed by atoms with Crippen LogP contribution >= 0.6 is 0 Å². The SMILES string of the molecule is CC(C)C[C@H](CN1CCC(NC(=O)[C@H](CC(C)C)NC(=O)Cc2ccccc2)C(O)C1)NC(=O)OCc1ccccc1. The molecule has 9 heteroatoms. The predicted octanol–water partition coefficient (Wildman–Crippen LogP) is 3.65. The lowest BCUT2D eigenvalue weighted by molar-refractivity contribution is -0.130. The Balaban J connectivity index is 1.50. The third-order valence-electron chi connectivity index (χ3n) is 7.33. The molecule has 2 aromatic carbocycles. The van der Waals surface area contributed by atoms with Crippen LogP contribution in [0.5, 0.6) is 0 Å². The van der Waals surface area contributed by atoms with Gasteiger partial charge in [0.05, 0.1) is 18.6 Å². The first-order valence-corrected chi connectivity index (χ1v) is 15.1. The largest absolute Gasteiger partial charge is 0.445 e. The van der Waals surface area contributed by atoms with E-state index in [1.165, 1.54) is 0 Å². The van der Waals surface area contributed by atoms with Crippen LogP contribution in [-0.4, -0.2) is 71.8 Å². The van der Waals surface area contributed by atoms with Crippen LogP contribution in [-0.2, 0) is 27.4 Å². The number of aliphatic hydroxyl groups is 1. The molecular weight excluding hydrogens is 532 g/mol. The molecule has 2 unspecified atom stereocenters. The van der Waals surface area contributed by atoms with Crippen LogP contribution in [0.1, 0.15) is 58.1 Å². The minimum atomic E-state index is -0.771. The van der Waals surface area contributed by atoms with E-state index in [1.54, 1.807) is 0 Å². The van der Waals surface area contributed by atoms with E-state index < -0.39 is 24.3 Å². The number of carbonyl (C=O) groups excluding carboxylic acids is 3. The Hall–Kier alpha value is -3.43. The highest BCUT2D eigenvalue weighted by Gasteiger charge is 2.32. The monoisotopic (exact) mass is 580 g/mol. The van der Waals surface area contributed by atoms with E-state index in [4.69, 9.17) is 4.74 Å². The van der Waals surface area contributed by atoms with Gasteiger partial charge < -0.3 is 25.8 Å². The van der Waals surface area contributed by atoms with Gasteiger partial charge in [0, 0.05) is 25.7 Å². The number of nitrogens with zero attached hydrogens (tertiary/aromatic N) is 1. The van der Waals surface area contributed by atoms with E-state index in [0.717, 1.165) is 17.5 Å². The average molecular weight is 581 g/mol. The summed E-state index contributed by atoms with van der Waals surface area (Å²) in [5.74, 6) is 0.0852. The van der Waals surface area contributed by atoms with Gasteiger partial charge >= 0.3 is 6.09 Å². The Bertz CT molecular complexity index is 1110. The molecular formula is C33H48N4O5. The van der Waals surface area contributed by atoms with Gasteiger partial charge in [0.1, 0.15) is 12.6 Å². The van der Waals surface area contributed by atoms with E-state index in [9.17, 15) is 19.5 Å². The molecule has 1 heterocycles. The molecule has 9 nitrogen and oxygen atoms in total. The zero-order chi connectivity index (χ0) is 30.5. The molecule has 1 fully saturated rings. The van der Waals surface area contributed by atoms with Crippen LogP contribution in [0.25, 0.3) is 0 Å². The lowest BCUT2D eigenvalue weighted by atomic mass is 9.97. The number of benzene rings is 2. The van der Waals surface area contributed by atoms with E-state index >= 15 is 0 Å². The number of alkyl carbamates (subject to hydrolysis) is 1. The standard InChI is InChI=1S/C33H48N4O5/c1-23(2)17-27(34-33(41)42-22-26-13-9-6-10-14-26)20-37-16-15-28(30(38)21-37)36-32(40)29(18-24(3)4)35-31(39)19-25-11-7-5-8-12-25/h5-14,23-24,27-30,38H,15-22H2,1-4H3,(H,34,41)(H,35,39)(H,36,40)/t27-,28?,29+,30?/m1/s1. The summed E-state index contributed by atoms with van der Waals surface area (Å²) in [6.07, 6.45) is 0.808. The average Bonchev–Trinajstić information content (AvgIpc) is 2.93. The number of hydrogen-bond donors (Lipinski definition) is 4. The number of ether oxygens (including phenoxy) is 1. The van der Waals surface area contributed by atoms with Crippen LogP contribution in [0.2, 0.25) is 0 Å². The Morgan fingerprint density at radius 1 is 0.905 bits per heavy atom. The molecule has 3 rings (SSSR count). The lowest BCUT2D eigenvalue weighted by Crippen LogP contribution is -2.59. The third kappa shape index (κ3) is 11.8. The smallest absolute Gasteiger partial charge is 0.407 e. The van der Waals surface area contributed by atoms with E-state index in [1.807, 2.05) is 74.5 Å². The second-order valence-electron chi connectivity index (χ2n) is 12.2. The summed E-state index contributed by atoms with van der Waals surface area (Å²) in [5.41, 5.74) is 1.81. The lowest BCUT2D eigenvalue weighted by Gasteiger charge is -2.38. The molecule has 0 aliphatic carbocycles. The van der Waals surface area contributed by atoms with Gasteiger partial charge in [-0.05, 0) is 42.2 Å². The highest BCUT2D eigenvalue weighted by atomic mass is 16.5. The third-order valence-corrected chi connectivity index (χ3v) is 7.33. The molecule has 4 N–H and O–H groups in total. The number of likely N-dealkylation sites (tertiary alicyclic amines) is 1. The van der Waals surface area contributed by atoms with Crippen LogP contribution in [0.4, 0.5) is 4.79 Å². The van der Waals surface area contributed by atoms with Crippen LogP contribution in [0, 0.1) is 11.8 Å². The molecule has 1 aliphatic rings. The molecule has 3 amide bonds. The number of nitrogens with one attached hydrogen (secondary N) is 3. The number of aliphatic hydroxyl groups excluding tert-OH is 1. The number of rotatable bonds is 14. The zero-order valence-corrected chi connectivity index (χ0v) is 25.4. The van der Waals surface area contributed by atoms with Gasteiger partial charge in [-0.15, -0.1) is 0 Å². The van der Waals surface area contributed by atoms with E-state index in [-0.39, 0.29) is 36.8 Å². The highest BCUT2D eigenvalue weighted by Crippen LogP contribution is 2.16. The van der Waals surface area contributed by atoms with Crippen molar-refractivity contribution in [3.8, 4) is 0 Å². The van der Waals surface area contributed by atoms with Crippen molar-refractivity contribution in [3.63, 3.8) is 0 Å². The molecule has 0 spiro atoms. The maximum absolute atomic E-state index is 13.2. The van der Waals surface area contributed by atoms with Gasteiger partial charge in [0.2, 0.25) is 11.8 Å². The first-order valence-electron chi connectivity index (χ1n) is 15.1.